The van der Waals surface area contributed by atoms with Gasteiger partial charge in [-0.15, -0.1) is 0 Å². The summed E-state index contributed by atoms with van der Waals surface area (Å²) in [4.78, 5) is 11.9. The maximum atomic E-state index is 11.9. The van der Waals surface area contributed by atoms with E-state index in [-0.39, 0.29) is 22.9 Å². The zero-order chi connectivity index (χ0) is 25.9. The summed E-state index contributed by atoms with van der Waals surface area (Å²) in [6.07, 6.45) is 14.3. The number of fused-ring (bicyclic) bond motifs is 6. The van der Waals surface area contributed by atoms with E-state index >= 15 is 0 Å². The van der Waals surface area contributed by atoms with E-state index in [0.29, 0.717) is 33.0 Å². The van der Waals surface area contributed by atoms with Crippen molar-refractivity contribution in [2.75, 3.05) is 0 Å². The zero-order valence-electron chi connectivity index (χ0n) is 24.7. The zero-order valence-corrected chi connectivity index (χ0v) is 24.7. The van der Waals surface area contributed by atoms with Crippen LogP contribution in [0.3, 0.4) is 0 Å². The van der Waals surface area contributed by atoms with Crippen LogP contribution in [-0.4, -0.2) is 12.1 Å². The van der Waals surface area contributed by atoms with Crippen molar-refractivity contribution in [2.24, 2.45) is 43.8 Å². The first-order chi connectivity index (χ1) is 16.0. The Morgan fingerprint density at radius 3 is 2.06 bits per heavy atom. The quantitative estimate of drug-likeness (QED) is 0.275. The predicted octanol–water partition coefficient (Wildman–Crippen LogP) is 9.27. The van der Waals surface area contributed by atoms with Crippen molar-refractivity contribution in [1.82, 2.24) is 0 Å². The number of allylic oxidation sites excluding steroid dienone is 2. The third-order valence-electron chi connectivity index (χ3n) is 14.2. The fraction of sp³-hybridized carbons (Fsp3) is 0.909. The SMILES string of the molecule is CC(=O)OC1CCC2(C)C(CCC3(C)C4(C)CCC5(C)CCC(C)(C)CC5=C4CCC23C)C1(C)C. The molecular formula is C33H54O2. The molecule has 5 aliphatic carbocycles. The van der Waals surface area contributed by atoms with E-state index < -0.39 is 0 Å². The minimum Gasteiger partial charge on any atom is -0.462 e. The Morgan fingerprint density at radius 1 is 0.743 bits per heavy atom. The van der Waals surface area contributed by atoms with Gasteiger partial charge in [-0.2, -0.15) is 0 Å². The molecule has 7 atom stereocenters. The van der Waals surface area contributed by atoms with Crippen molar-refractivity contribution in [2.45, 2.75) is 146 Å². The molecule has 0 aliphatic heterocycles. The van der Waals surface area contributed by atoms with Gasteiger partial charge in [0.15, 0.2) is 0 Å². The average Bonchev–Trinajstić information content (AvgIpc) is 2.74. The van der Waals surface area contributed by atoms with Gasteiger partial charge in [0.2, 0.25) is 0 Å². The molecule has 0 spiro atoms. The molecule has 5 aliphatic rings. The number of hydrogen-bond acceptors (Lipinski definition) is 2. The van der Waals surface area contributed by atoms with Gasteiger partial charge in [-0.1, -0.05) is 73.5 Å². The van der Waals surface area contributed by atoms with E-state index in [0.717, 1.165) is 6.42 Å². The van der Waals surface area contributed by atoms with Gasteiger partial charge in [-0.25, -0.2) is 0 Å². The number of carbonyl (C=O) groups is 1. The van der Waals surface area contributed by atoms with E-state index in [1.54, 1.807) is 6.92 Å². The number of esters is 1. The minimum atomic E-state index is -0.111. The normalized spacial score (nSPS) is 50.3. The summed E-state index contributed by atoms with van der Waals surface area (Å²) in [6, 6.07) is 0. The summed E-state index contributed by atoms with van der Waals surface area (Å²) in [5.74, 6) is 0.493. The largest absolute Gasteiger partial charge is 0.462 e. The van der Waals surface area contributed by atoms with Crippen LogP contribution in [0, 0.1) is 43.8 Å². The third-order valence-corrected chi connectivity index (χ3v) is 14.2. The van der Waals surface area contributed by atoms with Crippen LogP contribution in [0.1, 0.15) is 140 Å². The summed E-state index contributed by atoms with van der Waals surface area (Å²) < 4.78 is 5.94. The van der Waals surface area contributed by atoms with Crippen molar-refractivity contribution >= 4 is 5.97 Å². The molecule has 0 N–H and O–H groups in total. The van der Waals surface area contributed by atoms with Gasteiger partial charge in [-0.05, 0) is 109 Å². The molecule has 198 valence electrons. The molecule has 2 heteroatoms. The second-order valence-electron chi connectivity index (χ2n) is 16.3. The first-order valence-corrected chi connectivity index (χ1v) is 14.9. The Balaban J connectivity index is 1.59. The molecule has 4 saturated carbocycles. The lowest BCUT2D eigenvalue weighted by molar-refractivity contribution is -0.255. The summed E-state index contributed by atoms with van der Waals surface area (Å²) >= 11 is 0. The van der Waals surface area contributed by atoms with Crippen LogP contribution in [0.15, 0.2) is 11.1 Å². The van der Waals surface area contributed by atoms with Crippen LogP contribution in [0.5, 0.6) is 0 Å². The Morgan fingerprint density at radius 2 is 1.40 bits per heavy atom. The first-order valence-electron chi connectivity index (χ1n) is 14.9. The van der Waals surface area contributed by atoms with E-state index in [1.807, 2.05) is 11.1 Å². The molecule has 0 amide bonds. The lowest BCUT2D eigenvalue weighted by Crippen LogP contribution is -2.69. The maximum absolute atomic E-state index is 11.9. The van der Waals surface area contributed by atoms with Gasteiger partial charge < -0.3 is 4.74 Å². The van der Waals surface area contributed by atoms with Crippen LogP contribution in [0.25, 0.3) is 0 Å². The van der Waals surface area contributed by atoms with E-state index in [2.05, 4.69) is 62.3 Å². The molecule has 2 nitrogen and oxygen atoms in total. The van der Waals surface area contributed by atoms with Gasteiger partial charge in [0, 0.05) is 12.3 Å². The second kappa shape index (κ2) is 7.41. The molecule has 35 heavy (non-hydrogen) atoms. The molecular weight excluding hydrogens is 428 g/mol. The third kappa shape index (κ3) is 3.16. The van der Waals surface area contributed by atoms with Crippen molar-refractivity contribution in [3.8, 4) is 0 Å². The van der Waals surface area contributed by atoms with Crippen LogP contribution >= 0.6 is 0 Å². The molecule has 0 bridgehead atoms. The molecule has 7 unspecified atom stereocenters. The minimum absolute atomic E-state index is 0.0290. The highest BCUT2D eigenvalue weighted by molar-refractivity contribution is 5.66. The van der Waals surface area contributed by atoms with Crippen molar-refractivity contribution in [1.29, 1.82) is 0 Å². The average molecular weight is 483 g/mol. The Labute approximate surface area is 216 Å². The molecule has 0 aromatic rings. The van der Waals surface area contributed by atoms with Crippen molar-refractivity contribution < 1.29 is 9.53 Å². The highest BCUT2D eigenvalue weighted by atomic mass is 16.5. The summed E-state index contributed by atoms with van der Waals surface area (Å²) in [5.41, 5.74) is 5.92. The number of rotatable bonds is 1. The van der Waals surface area contributed by atoms with E-state index in [9.17, 15) is 4.79 Å². The Bertz CT molecular complexity index is 956. The van der Waals surface area contributed by atoms with Gasteiger partial charge in [0.05, 0.1) is 0 Å². The topological polar surface area (TPSA) is 26.3 Å². The van der Waals surface area contributed by atoms with Crippen molar-refractivity contribution in [3.63, 3.8) is 0 Å². The van der Waals surface area contributed by atoms with Gasteiger partial charge in [-0.3, -0.25) is 4.79 Å². The lowest BCUT2D eigenvalue weighted by Gasteiger charge is -2.75. The monoisotopic (exact) mass is 482 g/mol. The Kier molecular flexibility index (Phi) is 5.47. The standard InChI is InChI=1S/C33H54O2/c1-22(34)35-26-13-14-31(8)25(28(26,4)5)12-16-32(9)30(7)20-19-29(6)18-17-27(2,3)21-24(29)23(30)11-15-33(31,32)10/h25-26H,11-21H2,1-10H3. The molecule has 0 heterocycles. The van der Waals surface area contributed by atoms with Gasteiger partial charge in [0.1, 0.15) is 6.10 Å². The smallest absolute Gasteiger partial charge is 0.302 e. The molecule has 0 aromatic carbocycles. The van der Waals surface area contributed by atoms with Crippen LogP contribution < -0.4 is 0 Å². The van der Waals surface area contributed by atoms with Crippen LogP contribution in [0.4, 0.5) is 0 Å². The Hall–Kier alpha value is -0.790. The second-order valence-corrected chi connectivity index (χ2v) is 16.3. The van der Waals surface area contributed by atoms with E-state index in [1.165, 1.54) is 64.2 Å². The number of ether oxygens (including phenoxy) is 1. The number of hydrogen-bond donors (Lipinski definition) is 0. The fourth-order valence-electron chi connectivity index (χ4n) is 11.3. The molecule has 0 radical (unpaired) electrons. The summed E-state index contributed by atoms with van der Waals surface area (Å²) in [5, 5.41) is 0. The number of carbonyl (C=O) groups excluding carboxylic acids is 1. The van der Waals surface area contributed by atoms with Crippen LogP contribution in [0.2, 0.25) is 0 Å². The molecule has 0 saturated heterocycles. The van der Waals surface area contributed by atoms with Crippen molar-refractivity contribution in [3.05, 3.63) is 11.1 Å². The lowest BCUT2D eigenvalue weighted by atomic mass is 9.29. The maximum Gasteiger partial charge on any atom is 0.302 e. The summed E-state index contributed by atoms with van der Waals surface area (Å²) in [6.45, 7) is 24.8. The molecule has 5 rings (SSSR count). The van der Waals surface area contributed by atoms with Gasteiger partial charge >= 0.3 is 5.97 Å². The molecule has 4 fully saturated rings. The summed E-state index contributed by atoms with van der Waals surface area (Å²) in [7, 11) is 0. The fourth-order valence-corrected chi connectivity index (χ4v) is 11.3. The van der Waals surface area contributed by atoms with Crippen LogP contribution in [-0.2, 0) is 9.53 Å². The molecule has 0 aromatic heterocycles. The van der Waals surface area contributed by atoms with E-state index in [4.69, 9.17) is 4.74 Å². The highest BCUT2D eigenvalue weighted by Crippen LogP contribution is 2.80. The first kappa shape index (κ1) is 25.8. The van der Waals surface area contributed by atoms with Gasteiger partial charge in [0.25, 0.3) is 0 Å². The highest BCUT2D eigenvalue weighted by Gasteiger charge is 2.72. The predicted molar refractivity (Wildman–Crippen MR) is 145 cm³/mol.